The summed E-state index contributed by atoms with van der Waals surface area (Å²) < 4.78 is 0. The summed E-state index contributed by atoms with van der Waals surface area (Å²) in [5.74, 6) is 0.627. The van der Waals surface area contributed by atoms with E-state index >= 15 is 0 Å². The first-order chi connectivity index (χ1) is 16.7. The van der Waals surface area contributed by atoms with Gasteiger partial charge in [0.25, 0.3) is 5.56 Å². The number of hydrogen-bond acceptors (Lipinski definition) is 4. The highest BCUT2D eigenvalue weighted by Crippen LogP contribution is 2.25. The molecule has 0 saturated heterocycles. The van der Waals surface area contributed by atoms with Gasteiger partial charge in [0.2, 0.25) is 5.91 Å². The molecule has 3 aromatic carbocycles. The van der Waals surface area contributed by atoms with Crippen molar-refractivity contribution in [2.24, 2.45) is 0 Å². The molecule has 0 unspecified atom stereocenters. The van der Waals surface area contributed by atoms with Crippen LogP contribution in [-0.2, 0) is 11.2 Å². The Morgan fingerprint density at radius 2 is 1.74 bits per heavy atom. The number of carbonyl (C=O) groups is 1. The smallest absolute Gasteiger partial charge is 0.272 e. The fourth-order valence-corrected chi connectivity index (χ4v) is 4.11. The minimum Gasteiger partial charge on any atom is -0.368 e. The predicted octanol–water partition coefficient (Wildman–Crippen LogP) is 4.23. The lowest BCUT2D eigenvalue weighted by Gasteiger charge is -2.09. The van der Waals surface area contributed by atoms with Crippen LogP contribution in [0.5, 0.6) is 0 Å². The van der Waals surface area contributed by atoms with Gasteiger partial charge in [-0.1, -0.05) is 48.5 Å². The minimum absolute atomic E-state index is 0.00847. The number of fused-ring (bicyclic) bond motifs is 2. The van der Waals surface area contributed by atoms with Crippen LogP contribution in [-0.4, -0.2) is 34.2 Å². The van der Waals surface area contributed by atoms with Crippen LogP contribution in [0.25, 0.3) is 32.8 Å². The molecule has 0 radical (unpaired) electrons. The Morgan fingerprint density at radius 3 is 2.65 bits per heavy atom. The molecule has 0 saturated carbocycles. The van der Waals surface area contributed by atoms with Crippen molar-refractivity contribution in [3.8, 4) is 11.1 Å². The molecule has 0 atom stereocenters. The maximum absolute atomic E-state index is 12.5. The number of aromatic nitrogens is 3. The average Bonchev–Trinajstić information content (AvgIpc) is 3.33. The van der Waals surface area contributed by atoms with Crippen LogP contribution in [0.3, 0.4) is 0 Å². The SMILES string of the molecule is O=C(Cc1cccc(-c2ccc3[nH]ccc3c2)c1)NCCCNc1n[nH]c(=O)c2ccccc12. The van der Waals surface area contributed by atoms with E-state index in [-0.39, 0.29) is 11.5 Å². The molecule has 4 N–H and O–H groups in total. The van der Waals surface area contributed by atoms with Crippen LogP contribution in [0.1, 0.15) is 12.0 Å². The first kappa shape index (κ1) is 21.5. The van der Waals surface area contributed by atoms with Crippen molar-refractivity contribution in [1.82, 2.24) is 20.5 Å². The zero-order valence-corrected chi connectivity index (χ0v) is 18.6. The quantitative estimate of drug-likeness (QED) is 0.265. The molecule has 0 aliphatic rings. The molecule has 7 nitrogen and oxygen atoms in total. The van der Waals surface area contributed by atoms with E-state index in [4.69, 9.17) is 0 Å². The summed E-state index contributed by atoms with van der Waals surface area (Å²) in [5.41, 5.74) is 4.11. The molecule has 0 aliphatic carbocycles. The lowest BCUT2D eigenvalue weighted by atomic mass is 10.0. The number of carbonyl (C=O) groups excluding carboxylic acids is 1. The monoisotopic (exact) mass is 451 g/mol. The van der Waals surface area contributed by atoms with Crippen LogP contribution in [0.15, 0.2) is 83.8 Å². The Labute approximate surface area is 196 Å². The molecular formula is C27H25N5O2. The fraction of sp³-hybridized carbons (Fsp3) is 0.148. The lowest BCUT2D eigenvalue weighted by molar-refractivity contribution is -0.120. The summed E-state index contributed by atoms with van der Waals surface area (Å²) in [6.45, 7) is 1.18. The van der Waals surface area contributed by atoms with Crippen molar-refractivity contribution in [1.29, 1.82) is 0 Å². The molecule has 5 rings (SSSR count). The third-order valence-electron chi connectivity index (χ3n) is 5.84. The van der Waals surface area contributed by atoms with Crippen molar-refractivity contribution >= 4 is 33.4 Å². The van der Waals surface area contributed by atoms with Gasteiger partial charge in [-0.3, -0.25) is 9.59 Å². The van der Waals surface area contributed by atoms with Gasteiger partial charge in [-0.05, 0) is 52.8 Å². The molecule has 2 heterocycles. The van der Waals surface area contributed by atoms with Gasteiger partial charge in [-0.15, -0.1) is 0 Å². The van der Waals surface area contributed by atoms with Crippen molar-refractivity contribution in [2.75, 3.05) is 18.4 Å². The van der Waals surface area contributed by atoms with Gasteiger partial charge in [-0.2, -0.15) is 5.10 Å². The van der Waals surface area contributed by atoms with Gasteiger partial charge in [0.05, 0.1) is 11.8 Å². The van der Waals surface area contributed by atoms with Crippen molar-refractivity contribution in [3.05, 3.63) is 94.9 Å². The maximum Gasteiger partial charge on any atom is 0.272 e. The zero-order chi connectivity index (χ0) is 23.3. The first-order valence-corrected chi connectivity index (χ1v) is 11.3. The van der Waals surface area contributed by atoms with Gasteiger partial charge in [0, 0.05) is 30.2 Å². The van der Waals surface area contributed by atoms with E-state index in [0.29, 0.717) is 30.7 Å². The van der Waals surface area contributed by atoms with Gasteiger partial charge >= 0.3 is 0 Å². The third-order valence-corrected chi connectivity index (χ3v) is 5.84. The summed E-state index contributed by atoms with van der Waals surface area (Å²) in [6, 6.07) is 23.8. The molecule has 170 valence electrons. The second kappa shape index (κ2) is 9.62. The van der Waals surface area contributed by atoms with Gasteiger partial charge < -0.3 is 15.6 Å². The number of benzene rings is 3. The minimum atomic E-state index is -0.206. The third kappa shape index (κ3) is 4.68. The van der Waals surface area contributed by atoms with Crippen LogP contribution in [0, 0.1) is 0 Å². The second-order valence-electron chi connectivity index (χ2n) is 8.23. The topological polar surface area (TPSA) is 103 Å². The zero-order valence-electron chi connectivity index (χ0n) is 18.6. The summed E-state index contributed by atoms with van der Waals surface area (Å²) in [7, 11) is 0. The number of anilines is 1. The number of nitrogens with zero attached hydrogens (tertiary/aromatic N) is 1. The molecule has 0 aliphatic heterocycles. The van der Waals surface area contributed by atoms with E-state index in [1.807, 2.05) is 36.5 Å². The number of amides is 1. The van der Waals surface area contributed by atoms with E-state index in [1.54, 1.807) is 6.07 Å². The number of H-pyrrole nitrogens is 2. The van der Waals surface area contributed by atoms with Crippen molar-refractivity contribution in [3.63, 3.8) is 0 Å². The average molecular weight is 452 g/mol. The Balaban J connectivity index is 1.13. The van der Waals surface area contributed by atoms with Gasteiger partial charge in [-0.25, -0.2) is 5.10 Å². The lowest BCUT2D eigenvalue weighted by Crippen LogP contribution is -2.27. The molecule has 1 amide bonds. The molecular weight excluding hydrogens is 426 g/mol. The highest BCUT2D eigenvalue weighted by atomic mass is 16.1. The van der Waals surface area contributed by atoms with E-state index < -0.39 is 0 Å². The molecule has 7 heteroatoms. The maximum atomic E-state index is 12.5. The molecule has 34 heavy (non-hydrogen) atoms. The largest absolute Gasteiger partial charge is 0.368 e. The van der Waals surface area contributed by atoms with Crippen LogP contribution >= 0.6 is 0 Å². The molecule has 0 bridgehead atoms. The van der Waals surface area contributed by atoms with Crippen LogP contribution in [0.2, 0.25) is 0 Å². The van der Waals surface area contributed by atoms with Gasteiger partial charge in [0.15, 0.2) is 5.82 Å². The van der Waals surface area contributed by atoms with Crippen LogP contribution < -0.4 is 16.2 Å². The van der Waals surface area contributed by atoms with E-state index in [1.165, 1.54) is 5.39 Å². The van der Waals surface area contributed by atoms with E-state index in [9.17, 15) is 9.59 Å². The van der Waals surface area contributed by atoms with Crippen molar-refractivity contribution in [2.45, 2.75) is 12.8 Å². The first-order valence-electron chi connectivity index (χ1n) is 11.3. The Bertz CT molecular complexity index is 1520. The summed E-state index contributed by atoms with van der Waals surface area (Å²) in [4.78, 5) is 27.5. The van der Waals surface area contributed by atoms with Gasteiger partial charge in [0.1, 0.15) is 0 Å². The summed E-state index contributed by atoms with van der Waals surface area (Å²) in [6.07, 6.45) is 3.00. The second-order valence-corrected chi connectivity index (χ2v) is 8.23. The number of nitrogens with one attached hydrogen (secondary N) is 4. The highest BCUT2D eigenvalue weighted by molar-refractivity contribution is 5.90. The Kier molecular flexibility index (Phi) is 6.07. The number of aromatic amines is 2. The number of rotatable bonds is 8. The Hall–Kier alpha value is -4.39. The molecule has 0 spiro atoms. The number of hydrogen-bond donors (Lipinski definition) is 4. The normalized spacial score (nSPS) is 11.1. The summed E-state index contributed by atoms with van der Waals surface area (Å²) in [5, 5.41) is 15.4. The van der Waals surface area contributed by atoms with Crippen LogP contribution in [0.4, 0.5) is 5.82 Å². The van der Waals surface area contributed by atoms with E-state index in [2.05, 4.69) is 62.2 Å². The Morgan fingerprint density at radius 1 is 0.882 bits per heavy atom. The predicted molar refractivity (Wildman–Crippen MR) is 136 cm³/mol. The molecule has 0 fully saturated rings. The fourth-order valence-electron chi connectivity index (χ4n) is 4.11. The summed E-state index contributed by atoms with van der Waals surface area (Å²) >= 11 is 0. The standard InChI is InChI=1S/C27H25N5O2/c33-25(29-12-4-13-30-26-22-7-1-2-8-23(22)27(34)32-31-26)16-18-5-3-6-19(15-18)20-9-10-24-21(17-20)11-14-28-24/h1-3,5-11,14-15,17,28H,4,12-13,16H2,(H,29,33)(H,30,31)(H,32,34). The van der Waals surface area contributed by atoms with Crippen molar-refractivity contribution < 1.29 is 4.79 Å². The molecule has 5 aromatic rings. The van der Waals surface area contributed by atoms with E-state index in [0.717, 1.165) is 34.0 Å². The highest BCUT2D eigenvalue weighted by Gasteiger charge is 2.07. The molecule has 2 aromatic heterocycles.